The third kappa shape index (κ3) is 18.2. The Morgan fingerprint density at radius 3 is 1.00 bits per heavy atom. The number of hydrogen-bond acceptors (Lipinski definition) is 0. The summed E-state index contributed by atoms with van der Waals surface area (Å²) in [7, 11) is 0. The summed E-state index contributed by atoms with van der Waals surface area (Å²) in [6.45, 7) is 0. The van der Waals surface area contributed by atoms with Gasteiger partial charge in [0.2, 0.25) is 0 Å². The van der Waals surface area contributed by atoms with Crippen molar-refractivity contribution in [2.24, 2.45) is 0 Å². The monoisotopic (exact) mass is 416 g/mol. The van der Waals surface area contributed by atoms with Gasteiger partial charge in [-0.05, 0) is 0 Å². The first-order chi connectivity index (χ1) is 1.73. The van der Waals surface area contributed by atoms with Crippen molar-refractivity contribution < 1.29 is 76.9 Å². The molecule has 0 saturated heterocycles. The predicted molar refractivity (Wildman–Crippen MR) is 17.6 cm³/mol. The molecule has 0 aliphatic rings. The van der Waals surface area contributed by atoms with Crippen molar-refractivity contribution in [1.82, 2.24) is 0 Å². The number of hydrogen-bond donors (Lipinski definition) is 0. The summed E-state index contributed by atoms with van der Waals surface area (Å²) in [5.41, 5.74) is 0. The average Bonchev–Trinajstić information content (AvgIpc) is 0.811. The Bertz CT molecular complexity index is 11.6. The maximum absolute atomic E-state index is 4.99. The Balaban J connectivity index is 0. The first-order valence-corrected chi connectivity index (χ1v) is 9.54. The van der Waals surface area contributed by atoms with Crippen LogP contribution in [0.25, 0.3) is 0 Å². The van der Waals surface area contributed by atoms with E-state index in [0.29, 0.717) is 0 Å². The van der Waals surface area contributed by atoms with E-state index in [1.807, 2.05) is 0 Å². The second-order valence-electron chi connectivity index (χ2n) is 0.162. The molecule has 0 aromatic rings. The normalized spacial score (nSPS) is 9.00. The van der Waals surface area contributed by atoms with Gasteiger partial charge in [-0.15, -0.1) is 0 Å². The molecule has 0 amide bonds. The third-order valence-corrected chi connectivity index (χ3v) is 0. The van der Waals surface area contributed by atoms with Gasteiger partial charge in [-0.2, -0.15) is 0 Å². The van der Waals surface area contributed by atoms with Crippen molar-refractivity contribution in [3.63, 3.8) is 0 Å². The molecule has 0 N–H and O–H groups in total. The fraction of sp³-hybridized carbons (Fsp3) is 0. The van der Waals surface area contributed by atoms with Crippen molar-refractivity contribution in [3.05, 3.63) is 0 Å². The number of halogens is 3. The minimum Gasteiger partial charge on any atom is 0 e. The van der Waals surface area contributed by atoms with E-state index in [1.54, 1.807) is 0 Å². The first kappa shape index (κ1) is 11.6. The van der Waals surface area contributed by atoms with Crippen LogP contribution in [0.2, 0.25) is 0 Å². The van der Waals surface area contributed by atoms with E-state index in [2.05, 4.69) is 0 Å². The fourth-order valence-electron chi connectivity index (χ4n) is 0. The summed E-state index contributed by atoms with van der Waals surface area (Å²) in [5, 5.41) is 0. The zero-order valence-electron chi connectivity index (χ0n) is 1.87. The Labute approximate surface area is 85.9 Å². The van der Waals surface area contributed by atoms with Gasteiger partial charge >= 0.3 is 49.4 Å². The average molecular weight is 416 g/mol. The van der Waals surface area contributed by atoms with Gasteiger partial charge in [0.25, 0.3) is 0 Å². The molecule has 0 fully saturated rings. The van der Waals surface area contributed by atoms with Crippen molar-refractivity contribution in [2.45, 2.75) is 0 Å². The molecule has 0 unspecified atom stereocenters. The minimum atomic E-state index is -2.05. The molecule has 0 nitrogen and oxygen atoms in total. The molecule has 0 atom stereocenters. The Kier molecular flexibility index (Phi) is 18.0. The largest absolute Gasteiger partial charge is 0 e. The first-order valence-electron chi connectivity index (χ1n) is 0.429. The zero-order valence-corrected chi connectivity index (χ0v) is 8.83. The standard InChI is InChI=1S/3ClH.Eu.Gd/h3*1H;;/q;;;+3;/p-3. The van der Waals surface area contributed by atoms with Crippen LogP contribution in [-0.4, -0.2) is 0 Å². The van der Waals surface area contributed by atoms with Gasteiger partial charge < -0.3 is 0 Å². The van der Waals surface area contributed by atoms with Gasteiger partial charge in [0, 0.05) is 39.9 Å². The molecule has 0 rings (SSSR count). The smallest absolute Gasteiger partial charge is 0 e. The molecule has 5 heavy (non-hydrogen) atoms. The quantitative estimate of drug-likeness (QED) is 0.568. The summed E-state index contributed by atoms with van der Waals surface area (Å²) in [5.74, 6) is 0. The van der Waals surface area contributed by atoms with Crippen LogP contribution in [0.5, 0.6) is 0 Å². The summed E-state index contributed by atoms with van der Waals surface area (Å²) < 4.78 is 15.0. The molecule has 5 heteroatoms. The maximum atomic E-state index is 4.99. The maximum Gasteiger partial charge on any atom is 0 e. The van der Waals surface area contributed by atoms with Crippen LogP contribution in [0.3, 0.4) is 0 Å². The fourth-order valence-corrected chi connectivity index (χ4v) is 0. The van der Waals surface area contributed by atoms with Crippen LogP contribution in [0.15, 0.2) is 0 Å². The van der Waals surface area contributed by atoms with Crippen LogP contribution in [0, 0.1) is 76.9 Å². The van der Waals surface area contributed by atoms with E-state index in [-0.39, 0.29) is 39.9 Å². The van der Waals surface area contributed by atoms with E-state index >= 15 is 0 Å². The molecule has 0 aliphatic carbocycles. The third-order valence-electron chi connectivity index (χ3n) is 0. The summed E-state index contributed by atoms with van der Waals surface area (Å²) in [6.07, 6.45) is 0. The number of rotatable bonds is 0. The molecule has 0 aliphatic heterocycles. The molecular weight excluding hydrogens is 416 g/mol. The Hall–Kier alpha value is 3.78. The summed E-state index contributed by atoms with van der Waals surface area (Å²) in [4.78, 5) is 0. The molecule has 0 aromatic heterocycles. The molecule has 36 valence electrons. The van der Waals surface area contributed by atoms with Gasteiger partial charge in [-0.3, -0.25) is 0 Å². The molecular formula is Cl3EuGd. The second-order valence-corrected chi connectivity index (χ2v) is 10.8. The van der Waals surface area contributed by atoms with Gasteiger partial charge in [0.15, 0.2) is 0 Å². The zero-order chi connectivity index (χ0) is 3.58. The van der Waals surface area contributed by atoms with Gasteiger partial charge in [-0.1, -0.05) is 0 Å². The SMILES string of the molecule is [Cl][Eu]([Cl])[Cl].[Gd]. The van der Waals surface area contributed by atoms with Crippen molar-refractivity contribution in [1.29, 1.82) is 0 Å². The minimum absolute atomic E-state index is 0. The molecule has 0 bridgehead atoms. The van der Waals surface area contributed by atoms with Gasteiger partial charge in [-0.25, -0.2) is 0 Å². The second kappa shape index (κ2) is 7.78. The Morgan fingerprint density at radius 1 is 1.00 bits per heavy atom. The van der Waals surface area contributed by atoms with Crippen LogP contribution in [0.1, 0.15) is 0 Å². The Morgan fingerprint density at radius 2 is 1.00 bits per heavy atom. The van der Waals surface area contributed by atoms with Gasteiger partial charge in [0.1, 0.15) is 0 Å². The van der Waals surface area contributed by atoms with Crippen molar-refractivity contribution in [2.75, 3.05) is 0 Å². The van der Waals surface area contributed by atoms with E-state index < -0.39 is 37.0 Å². The summed E-state index contributed by atoms with van der Waals surface area (Å²) >= 11 is -2.05. The van der Waals surface area contributed by atoms with Crippen LogP contribution in [0.4, 0.5) is 0 Å². The van der Waals surface area contributed by atoms with Crippen LogP contribution >= 0.6 is 12.5 Å². The molecule has 0 saturated carbocycles. The van der Waals surface area contributed by atoms with Crippen LogP contribution in [-0.2, 0) is 0 Å². The topological polar surface area (TPSA) is 0 Å². The predicted octanol–water partition coefficient (Wildman–Crippen LogP) is 2.07. The molecule has 0 radical (unpaired) electrons. The molecule has 0 aromatic carbocycles. The van der Waals surface area contributed by atoms with Crippen LogP contribution < -0.4 is 0 Å². The van der Waals surface area contributed by atoms with E-state index in [1.165, 1.54) is 0 Å². The van der Waals surface area contributed by atoms with E-state index in [0.717, 1.165) is 0 Å². The van der Waals surface area contributed by atoms with E-state index in [9.17, 15) is 0 Å². The van der Waals surface area contributed by atoms with Crippen molar-refractivity contribution in [3.8, 4) is 0 Å². The van der Waals surface area contributed by atoms with E-state index in [4.69, 9.17) is 12.5 Å². The summed E-state index contributed by atoms with van der Waals surface area (Å²) in [6, 6.07) is 0. The molecule has 0 spiro atoms. The molecule has 0 heterocycles. The van der Waals surface area contributed by atoms with Crippen molar-refractivity contribution >= 4 is 12.5 Å². The van der Waals surface area contributed by atoms with Gasteiger partial charge in [0.05, 0.1) is 0 Å².